The molecule has 8 heteroatoms. The maximum atomic E-state index is 13.4. The van der Waals surface area contributed by atoms with Crippen LogP contribution in [0.25, 0.3) is 0 Å². The highest BCUT2D eigenvalue weighted by Gasteiger charge is 2.70. The Balaban J connectivity index is 1.17. The molecule has 8 aliphatic rings. The third kappa shape index (κ3) is 3.86. The van der Waals surface area contributed by atoms with Gasteiger partial charge in [-0.1, -0.05) is 40.2 Å². The minimum absolute atomic E-state index is 0.0412. The number of esters is 1. The molecule has 0 amide bonds. The van der Waals surface area contributed by atoms with E-state index in [1.165, 1.54) is 5.57 Å². The van der Waals surface area contributed by atoms with E-state index in [0.717, 1.165) is 70.6 Å². The van der Waals surface area contributed by atoms with E-state index in [0.29, 0.717) is 11.8 Å². The van der Waals surface area contributed by atoms with E-state index < -0.39 is 37.3 Å². The standard InChI is InChI=1S/C35H54O8/c1-30(2)22-9-12-34(6)23(32(22,4)11-10-24(30)42-28-27(39)26(38)25(37)21(18-36)41-28)8-7-19-20-17-31(3)13-15-35(20,29(40)43-31)16-14-33(19,34)5/h21-28,36-39H,7-18H2,1-6H3/t21-,22+,23+,24-,25+,26+,27+,28+,31-,32+,33-,34-,35-/m0/s1. The first-order chi connectivity index (χ1) is 20.1. The average molecular weight is 603 g/mol. The normalized spacial score (nSPS) is 55.5. The third-order valence-electron chi connectivity index (χ3n) is 15.1. The number of ether oxygens (including phenoxy) is 3. The Bertz CT molecular complexity index is 1210. The largest absolute Gasteiger partial charge is 0.458 e. The zero-order valence-corrected chi connectivity index (χ0v) is 27.0. The van der Waals surface area contributed by atoms with Gasteiger partial charge in [0.1, 0.15) is 30.0 Å². The maximum absolute atomic E-state index is 13.4. The minimum Gasteiger partial charge on any atom is -0.458 e. The fourth-order valence-electron chi connectivity index (χ4n) is 12.4. The SMILES string of the molecule is CC1(C)[C@@H](O[C@H]2O[C@@H](CO)[C@@H](O)[C@@H](O)[C@H]2O)CC[C@]2(C)[C@@H]1CC[C@@]1(C)[C@@H]2CCC2=C3C[C@]4(C)CC[C@@]3(CC[C@@]21C)C(=O)O4. The van der Waals surface area contributed by atoms with Crippen LogP contribution in [0, 0.1) is 38.9 Å². The summed E-state index contributed by atoms with van der Waals surface area (Å²) in [5.74, 6) is 1.01. The van der Waals surface area contributed by atoms with Crippen molar-refractivity contribution in [3.63, 3.8) is 0 Å². The fraction of sp³-hybridized carbons (Fsp3) is 0.914. The molecule has 4 N–H and O–H groups in total. The summed E-state index contributed by atoms with van der Waals surface area (Å²) in [6, 6.07) is 0. The highest BCUT2D eigenvalue weighted by Crippen LogP contribution is 2.76. The third-order valence-corrected chi connectivity index (χ3v) is 15.1. The predicted molar refractivity (Wildman–Crippen MR) is 158 cm³/mol. The molecule has 3 heterocycles. The van der Waals surface area contributed by atoms with Gasteiger partial charge < -0.3 is 34.6 Å². The van der Waals surface area contributed by atoms with Crippen LogP contribution in [0.3, 0.4) is 0 Å². The molecule has 242 valence electrons. The molecule has 0 radical (unpaired) electrons. The van der Waals surface area contributed by atoms with Crippen molar-refractivity contribution >= 4 is 5.97 Å². The quantitative estimate of drug-likeness (QED) is 0.213. The molecule has 0 unspecified atom stereocenters. The number of hydrogen-bond donors (Lipinski definition) is 4. The van der Waals surface area contributed by atoms with Crippen LogP contribution in [-0.4, -0.2) is 75.4 Å². The Hall–Kier alpha value is -1.03. The lowest BCUT2D eigenvalue weighted by atomic mass is 9.34. The van der Waals surface area contributed by atoms with Crippen molar-refractivity contribution in [2.75, 3.05) is 6.61 Å². The zero-order valence-electron chi connectivity index (χ0n) is 27.0. The van der Waals surface area contributed by atoms with E-state index in [9.17, 15) is 25.2 Å². The monoisotopic (exact) mass is 602 g/mol. The molecule has 3 saturated heterocycles. The van der Waals surface area contributed by atoms with Crippen LogP contribution in [-0.2, 0) is 19.0 Å². The summed E-state index contributed by atoms with van der Waals surface area (Å²) in [7, 11) is 0. The number of carbonyl (C=O) groups is 1. The van der Waals surface area contributed by atoms with Gasteiger partial charge in [0.25, 0.3) is 0 Å². The number of aliphatic hydroxyl groups is 4. The summed E-state index contributed by atoms with van der Waals surface area (Å²) >= 11 is 0. The van der Waals surface area contributed by atoms with Gasteiger partial charge in [-0.2, -0.15) is 0 Å². The Labute approximate surface area is 256 Å². The van der Waals surface area contributed by atoms with Crippen molar-refractivity contribution in [3.8, 4) is 0 Å². The van der Waals surface area contributed by atoms with Crippen LogP contribution in [0.1, 0.15) is 112 Å². The Morgan fingerprint density at radius 3 is 2.23 bits per heavy atom. The van der Waals surface area contributed by atoms with Crippen molar-refractivity contribution in [1.82, 2.24) is 0 Å². The number of rotatable bonds is 3. The molecular weight excluding hydrogens is 548 g/mol. The Morgan fingerprint density at radius 2 is 1.53 bits per heavy atom. The molecule has 0 aromatic rings. The van der Waals surface area contributed by atoms with Gasteiger partial charge in [-0.15, -0.1) is 0 Å². The van der Waals surface area contributed by atoms with Crippen molar-refractivity contribution in [3.05, 3.63) is 11.1 Å². The highest BCUT2D eigenvalue weighted by atomic mass is 16.7. The molecule has 4 saturated carbocycles. The van der Waals surface area contributed by atoms with E-state index in [1.54, 1.807) is 5.57 Å². The number of carbonyl (C=O) groups excluding carboxylic acids is 1. The second kappa shape index (κ2) is 9.51. The van der Waals surface area contributed by atoms with E-state index >= 15 is 0 Å². The first-order valence-corrected chi connectivity index (χ1v) is 17.0. The Morgan fingerprint density at radius 1 is 0.814 bits per heavy atom. The van der Waals surface area contributed by atoms with Crippen molar-refractivity contribution in [2.45, 2.75) is 155 Å². The van der Waals surface area contributed by atoms with Crippen LogP contribution in [0.2, 0.25) is 0 Å². The lowest BCUT2D eigenvalue weighted by Gasteiger charge is -2.71. The van der Waals surface area contributed by atoms with Crippen molar-refractivity contribution in [1.29, 1.82) is 0 Å². The Kier molecular flexibility index (Phi) is 6.77. The van der Waals surface area contributed by atoms with Crippen LogP contribution < -0.4 is 0 Å². The second-order valence-electron chi connectivity index (χ2n) is 17.2. The van der Waals surface area contributed by atoms with Gasteiger partial charge >= 0.3 is 5.97 Å². The molecule has 5 aliphatic carbocycles. The van der Waals surface area contributed by atoms with Crippen molar-refractivity contribution in [2.24, 2.45) is 38.9 Å². The summed E-state index contributed by atoms with van der Waals surface area (Å²) in [5.41, 5.74) is 2.47. The lowest BCUT2D eigenvalue weighted by molar-refractivity contribution is -0.330. The van der Waals surface area contributed by atoms with E-state index in [1.807, 2.05) is 0 Å². The molecular formula is C35H54O8. The van der Waals surface area contributed by atoms with E-state index in [-0.39, 0.29) is 44.7 Å². The van der Waals surface area contributed by atoms with Gasteiger partial charge in [0.15, 0.2) is 6.29 Å². The predicted octanol–water partition coefficient (Wildman–Crippen LogP) is 4.41. The lowest BCUT2D eigenvalue weighted by Crippen LogP contribution is -2.66. The molecule has 8 nitrogen and oxygen atoms in total. The maximum Gasteiger partial charge on any atom is 0.316 e. The molecule has 13 atom stereocenters. The first kappa shape index (κ1) is 30.6. The highest BCUT2D eigenvalue weighted by molar-refractivity contribution is 5.84. The summed E-state index contributed by atoms with van der Waals surface area (Å²) in [6.45, 7) is 13.9. The number of aliphatic hydroxyl groups excluding tert-OH is 4. The number of hydrogen-bond acceptors (Lipinski definition) is 8. The molecule has 0 aromatic heterocycles. The van der Waals surface area contributed by atoms with Crippen LogP contribution in [0.4, 0.5) is 0 Å². The molecule has 43 heavy (non-hydrogen) atoms. The van der Waals surface area contributed by atoms with Crippen LogP contribution in [0.5, 0.6) is 0 Å². The molecule has 8 rings (SSSR count). The van der Waals surface area contributed by atoms with Gasteiger partial charge in [0.2, 0.25) is 0 Å². The summed E-state index contributed by atoms with van der Waals surface area (Å²) in [6.07, 6.45) is 4.61. The van der Waals surface area contributed by atoms with E-state index in [4.69, 9.17) is 14.2 Å². The first-order valence-electron chi connectivity index (χ1n) is 17.0. The summed E-state index contributed by atoms with van der Waals surface area (Å²) in [5, 5.41) is 41.0. The molecule has 1 spiro atoms. The van der Waals surface area contributed by atoms with Gasteiger partial charge in [0.05, 0.1) is 18.1 Å². The van der Waals surface area contributed by atoms with Gasteiger partial charge in [-0.3, -0.25) is 4.79 Å². The summed E-state index contributed by atoms with van der Waals surface area (Å²) in [4.78, 5) is 13.4. The van der Waals surface area contributed by atoms with E-state index in [2.05, 4.69) is 41.5 Å². The fourth-order valence-corrected chi connectivity index (χ4v) is 12.4. The van der Waals surface area contributed by atoms with Crippen molar-refractivity contribution < 1.29 is 39.4 Å². The van der Waals surface area contributed by atoms with Crippen LogP contribution in [0.15, 0.2) is 11.1 Å². The molecule has 2 bridgehead atoms. The second-order valence-corrected chi connectivity index (χ2v) is 17.2. The average Bonchev–Trinajstić information content (AvgIpc) is 2.94. The number of fused-ring (bicyclic) bond motifs is 7. The summed E-state index contributed by atoms with van der Waals surface area (Å²) < 4.78 is 18.3. The minimum atomic E-state index is -1.44. The zero-order chi connectivity index (χ0) is 31.0. The van der Waals surface area contributed by atoms with Gasteiger partial charge in [-0.25, -0.2) is 0 Å². The van der Waals surface area contributed by atoms with Crippen LogP contribution >= 0.6 is 0 Å². The molecule has 7 fully saturated rings. The smallest absolute Gasteiger partial charge is 0.316 e. The molecule has 3 aliphatic heterocycles. The number of allylic oxidation sites excluding steroid dienone is 1. The topological polar surface area (TPSA) is 126 Å². The van der Waals surface area contributed by atoms with Gasteiger partial charge in [0, 0.05) is 6.42 Å². The molecule has 0 aromatic carbocycles. The van der Waals surface area contributed by atoms with Gasteiger partial charge in [-0.05, 0) is 110 Å².